The van der Waals surface area contributed by atoms with Crippen LogP contribution in [0, 0.1) is 5.92 Å². The van der Waals surface area contributed by atoms with Crippen molar-refractivity contribution in [2.45, 2.75) is 39.7 Å². The van der Waals surface area contributed by atoms with Gasteiger partial charge in [0.1, 0.15) is 0 Å². The zero-order valence-corrected chi connectivity index (χ0v) is 16.9. The molecule has 0 aromatic carbocycles. The van der Waals surface area contributed by atoms with Crippen LogP contribution in [0.5, 0.6) is 0 Å². The highest BCUT2D eigenvalue weighted by atomic mass is 127. The Labute approximate surface area is 148 Å². The molecule has 0 aliphatic carbocycles. The third-order valence-electron chi connectivity index (χ3n) is 3.14. The summed E-state index contributed by atoms with van der Waals surface area (Å²) in [6.07, 6.45) is 2.44. The van der Waals surface area contributed by atoms with Crippen molar-refractivity contribution in [2.75, 3.05) is 47.4 Å². The highest BCUT2D eigenvalue weighted by Crippen LogP contribution is 2.09. The third-order valence-corrected chi connectivity index (χ3v) is 3.14. The molecule has 0 aromatic rings. The van der Waals surface area contributed by atoms with Crippen LogP contribution < -0.4 is 10.6 Å². The molecule has 2 N–H and O–H groups in total. The molecule has 0 saturated carbocycles. The van der Waals surface area contributed by atoms with Gasteiger partial charge in [0.15, 0.2) is 5.96 Å². The summed E-state index contributed by atoms with van der Waals surface area (Å²) in [7, 11) is 5.99. The summed E-state index contributed by atoms with van der Waals surface area (Å²) in [6, 6.07) is 0. The van der Waals surface area contributed by atoms with Crippen molar-refractivity contribution in [2.24, 2.45) is 10.9 Å². The Morgan fingerprint density at radius 1 is 1.19 bits per heavy atom. The average Bonchev–Trinajstić information content (AvgIpc) is 2.39. The Hall–Kier alpha value is -0.0800. The molecule has 21 heavy (non-hydrogen) atoms. The van der Waals surface area contributed by atoms with Gasteiger partial charge in [-0.3, -0.25) is 4.99 Å². The maximum atomic E-state index is 5.74. The molecule has 0 heterocycles. The first-order valence-corrected chi connectivity index (χ1v) is 7.72. The van der Waals surface area contributed by atoms with Crippen molar-refractivity contribution in [1.82, 2.24) is 15.5 Å². The molecule has 0 saturated heterocycles. The van der Waals surface area contributed by atoms with Gasteiger partial charge in [-0.05, 0) is 46.3 Å². The van der Waals surface area contributed by atoms with Gasteiger partial charge >= 0.3 is 0 Å². The summed E-state index contributed by atoms with van der Waals surface area (Å²) in [5.74, 6) is 1.43. The van der Waals surface area contributed by atoms with E-state index in [4.69, 9.17) is 4.74 Å². The number of guanidine groups is 1. The number of hydrogen-bond acceptors (Lipinski definition) is 3. The van der Waals surface area contributed by atoms with Crippen molar-refractivity contribution >= 4 is 29.9 Å². The van der Waals surface area contributed by atoms with Gasteiger partial charge in [0.05, 0.1) is 6.10 Å². The number of ether oxygens (including phenoxy) is 1. The molecule has 0 fully saturated rings. The second-order valence-corrected chi connectivity index (χ2v) is 5.61. The molecule has 1 atom stereocenters. The van der Waals surface area contributed by atoms with Crippen LogP contribution in [0.2, 0.25) is 0 Å². The third kappa shape index (κ3) is 13.3. The molecule has 0 bridgehead atoms. The van der Waals surface area contributed by atoms with Crippen LogP contribution in [0.25, 0.3) is 0 Å². The monoisotopic (exact) mass is 414 g/mol. The molecule has 128 valence electrons. The lowest BCUT2D eigenvalue weighted by molar-refractivity contribution is 0.0258. The SMILES string of the molecule is CCOC(CCNC(=NC)NCCCN(C)C)C(C)C.I. The first-order valence-electron chi connectivity index (χ1n) is 7.72. The Morgan fingerprint density at radius 2 is 1.81 bits per heavy atom. The van der Waals surface area contributed by atoms with E-state index in [-0.39, 0.29) is 24.0 Å². The molecule has 0 radical (unpaired) electrons. The molecule has 5 nitrogen and oxygen atoms in total. The number of rotatable bonds is 10. The highest BCUT2D eigenvalue weighted by molar-refractivity contribution is 14.0. The fourth-order valence-corrected chi connectivity index (χ4v) is 1.98. The van der Waals surface area contributed by atoms with E-state index < -0.39 is 0 Å². The smallest absolute Gasteiger partial charge is 0.190 e. The summed E-state index contributed by atoms with van der Waals surface area (Å²) in [5, 5.41) is 6.68. The van der Waals surface area contributed by atoms with Crippen molar-refractivity contribution in [3.05, 3.63) is 0 Å². The summed E-state index contributed by atoms with van der Waals surface area (Å²) >= 11 is 0. The molecule has 0 aliphatic rings. The van der Waals surface area contributed by atoms with E-state index in [2.05, 4.69) is 48.5 Å². The summed E-state index contributed by atoms with van der Waals surface area (Å²) in [5.41, 5.74) is 0. The predicted molar refractivity (Wildman–Crippen MR) is 103 cm³/mol. The Bertz CT molecular complexity index is 260. The van der Waals surface area contributed by atoms with Gasteiger partial charge in [-0.15, -0.1) is 24.0 Å². The lowest BCUT2D eigenvalue weighted by Gasteiger charge is -2.21. The topological polar surface area (TPSA) is 48.9 Å². The second kappa shape index (κ2) is 14.8. The summed E-state index contributed by atoms with van der Waals surface area (Å²) in [6.45, 7) is 10.1. The van der Waals surface area contributed by atoms with E-state index in [0.29, 0.717) is 12.0 Å². The zero-order chi connectivity index (χ0) is 15.4. The number of hydrogen-bond donors (Lipinski definition) is 2. The highest BCUT2D eigenvalue weighted by Gasteiger charge is 2.12. The maximum absolute atomic E-state index is 5.74. The van der Waals surface area contributed by atoms with Gasteiger partial charge in [0.2, 0.25) is 0 Å². The molecule has 0 aliphatic heterocycles. The van der Waals surface area contributed by atoms with Crippen molar-refractivity contribution in [3.63, 3.8) is 0 Å². The van der Waals surface area contributed by atoms with E-state index >= 15 is 0 Å². The minimum Gasteiger partial charge on any atom is -0.378 e. The fourth-order valence-electron chi connectivity index (χ4n) is 1.98. The normalized spacial score (nSPS) is 13.2. The average molecular weight is 414 g/mol. The summed E-state index contributed by atoms with van der Waals surface area (Å²) in [4.78, 5) is 6.42. The van der Waals surface area contributed by atoms with E-state index in [1.165, 1.54) is 0 Å². The molecule has 0 spiro atoms. The Balaban J connectivity index is 0. The standard InChI is InChI=1S/C15H34N4O.HI/c1-7-20-14(13(2)3)9-11-18-15(16-4)17-10-8-12-19(5)6;/h13-14H,7-12H2,1-6H3,(H2,16,17,18);1H. The second-order valence-electron chi connectivity index (χ2n) is 5.61. The molecule has 1 unspecified atom stereocenters. The number of nitrogens with zero attached hydrogens (tertiary/aromatic N) is 2. The zero-order valence-electron chi connectivity index (χ0n) is 14.6. The van der Waals surface area contributed by atoms with Gasteiger partial charge in [0, 0.05) is 26.7 Å². The molecular weight excluding hydrogens is 379 g/mol. The van der Waals surface area contributed by atoms with Crippen molar-refractivity contribution in [1.29, 1.82) is 0 Å². The predicted octanol–water partition coefficient (Wildman–Crippen LogP) is 2.17. The first-order chi connectivity index (χ1) is 9.51. The van der Waals surface area contributed by atoms with Gasteiger partial charge < -0.3 is 20.3 Å². The first kappa shape index (κ1) is 23.2. The molecule has 0 aromatic heterocycles. The maximum Gasteiger partial charge on any atom is 0.190 e. The Morgan fingerprint density at radius 3 is 2.29 bits per heavy atom. The quantitative estimate of drug-likeness (QED) is 0.249. The van der Waals surface area contributed by atoms with Crippen LogP contribution in [0.15, 0.2) is 4.99 Å². The Kier molecular flexibility index (Phi) is 16.4. The van der Waals surface area contributed by atoms with Crippen LogP contribution >= 0.6 is 24.0 Å². The summed E-state index contributed by atoms with van der Waals surface area (Å²) < 4.78 is 5.74. The molecular formula is C15H35IN4O. The van der Waals surface area contributed by atoms with Crippen LogP contribution in [0.4, 0.5) is 0 Å². The fraction of sp³-hybridized carbons (Fsp3) is 0.933. The van der Waals surface area contributed by atoms with Gasteiger partial charge in [0.25, 0.3) is 0 Å². The van der Waals surface area contributed by atoms with Crippen LogP contribution in [0.3, 0.4) is 0 Å². The van der Waals surface area contributed by atoms with E-state index in [1.807, 2.05) is 14.0 Å². The van der Waals surface area contributed by atoms with E-state index in [9.17, 15) is 0 Å². The molecule has 0 rings (SSSR count). The lowest BCUT2D eigenvalue weighted by atomic mass is 10.0. The van der Waals surface area contributed by atoms with Gasteiger partial charge in [-0.2, -0.15) is 0 Å². The minimum absolute atomic E-state index is 0. The van der Waals surface area contributed by atoms with Gasteiger partial charge in [-0.25, -0.2) is 0 Å². The van der Waals surface area contributed by atoms with Crippen LogP contribution in [0.1, 0.15) is 33.6 Å². The number of aliphatic imine (C=N–C) groups is 1. The largest absolute Gasteiger partial charge is 0.378 e. The number of nitrogens with one attached hydrogen (secondary N) is 2. The molecule has 0 amide bonds. The van der Waals surface area contributed by atoms with Crippen molar-refractivity contribution < 1.29 is 4.74 Å². The minimum atomic E-state index is 0. The molecule has 6 heteroatoms. The van der Waals surface area contributed by atoms with Crippen LogP contribution in [-0.4, -0.2) is 64.3 Å². The van der Waals surface area contributed by atoms with E-state index in [0.717, 1.165) is 45.0 Å². The van der Waals surface area contributed by atoms with Gasteiger partial charge in [-0.1, -0.05) is 13.8 Å². The van der Waals surface area contributed by atoms with E-state index in [1.54, 1.807) is 0 Å². The number of halogens is 1. The van der Waals surface area contributed by atoms with Crippen LogP contribution in [-0.2, 0) is 4.74 Å². The van der Waals surface area contributed by atoms with Crippen molar-refractivity contribution in [3.8, 4) is 0 Å². The lowest BCUT2D eigenvalue weighted by Crippen LogP contribution is -2.40.